The third-order valence-electron chi connectivity index (χ3n) is 5.82. The Bertz CT molecular complexity index is 1150. The summed E-state index contributed by atoms with van der Waals surface area (Å²) in [6.07, 6.45) is 2.13. The van der Waals surface area contributed by atoms with Gasteiger partial charge < -0.3 is 15.0 Å². The van der Waals surface area contributed by atoms with Gasteiger partial charge in [0.25, 0.3) is 5.91 Å². The highest BCUT2D eigenvalue weighted by Crippen LogP contribution is 2.26. The van der Waals surface area contributed by atoms with E-state index in [1.54, 1.807) is 4.90 Å². The monoisotopic (exact) mass is 614 g/mol. The number of carbonyl (C=O) groups excluding carboxylic acids is 2. The number of nitrogens with zero attached hydrogens (tertiary/aromatic N) is 1. The largest absolute Gasteiger partial charge is 0.483 e. The maximum absolute atomic E-state index is 13.6. The first-order valence-corrected chi connectivity index (χ1v) is 13.8. The molecule has 0 bridgehead atoms. The first kappa shape index (κ1) is 27.9. The molecule has 3 aromatic carbocycles. The van der Waals surface area contributed by atoms with E-state index in [-0.39, 0.29) is 25.0 Å². The molecule has 0 heterocycles. The van der Waals surface area contributed by atoms with Gasteiger partial charge in [0.1, 0.15) is 11.8 Å². The zero-order valence-corrected chi connectivity index (χ0v) is 23.8. The Morgan fingerprint density at radius 3 is 2.33 bits per heavy atom. The molecule has 2 amide bonds. The molecule has 36 heavy (non-hydrogen) atoms. The van der Waals surface area contributed by atoms with E-state index in [0.717, 1.165) is 32.9 Å². The fraction of sp³-hybridized carbons (Fsp3) is 0.310. The van der Waals surface area contributed by atoms with Gasteiger partial charge in [-0.15, -0.1) is 0 Å². The second kappa shape index (κ2) is 14.2. The Kier molecular flexibility index (Phi) is 11.0. The minimum Gasteiger partial charge on any atom is -0.483 e. The maximum atomic E-state index is 13.6. The molecule has 0 spiro atoms. The van der Waals surface area contributed by atoms with E-state index in [0.29, 0.717) is 18.7 Å². The fourth-order valence-electron chi connectivity index (χ4n) is 3.86. The lowest BCUT2D eigenvalue weighted by Crippen LogP contribution is -2.51. The molecule has 0 aliphatic heterocycles. The summed E-state index contributed by atoms with van der Waals surface area (Å²) in [5.74, 6) is 0.171. The van der Waals surface area contributed by atoms with Crippen molar-refractivity contribution in [2.24, 2.45) is 0 Å². The van der Waals surface area contributed by atoms with Crippen molar-refractivity contribution in [2.45, 2.75) is 45.7 Å². The van der Waals surface area contributed by atoms with Gasteiger partial charge in [-0.1, -0.05) is 78.3 Å². The number of halogens is 2. The van der Waals surface area contributed by atoms with Gasteiger partial charge in [0.2, 0.25) is 5.91 Å². The van der Waals surface area contributed by atoms with Gasteiger partial charge in [-0.05, 0) is 69.7 Å². The lowest BCUT2D eigenvalue weighted by Gasteiger charge is -2.31. The number of aryl methyl sites for hydroxylation is 1. The molecule has 190 valence electrons. The van der Waals surface area contributed by atoms with Crippen molar-refractivity contribution >= 4 is 43.7 Å². The molecular formula is C29H32Br2N2O3. The van der Waals surface area contributed by atoms with Crippen molar-refractivity contribution in [3.63, 3.8) is 0 Å². The van der Waals surface area contributed by atoms with Crippen molar-refractivity contribution in [2.75, 3.05) is 13.2 Å². The first-order chi connectivity index (χ1) is 17.4. The highest BCUT2D eigenvalue weighted by molar-refractivity contribution is 9.10. The standard InChI is InChI=1S/C29H32Br2N2O3/c1-3-15-32-29(35)26(18-22-9-6-5-7-10-22)33(19-23-11-8-12-24(30)16-23)28(34)20-36-27-14-13-21(4-2)17-25(27)31/h5-14,16-17,26H,3-4,15,18-20H2,1-2H3,(H,32,35)/t26-/m1/s1. The number of rotatable bonds is 12. The molecule has 1 atom stereocenters. The van der Waals surface area contributed by atoms with Crippen LogP contribution >= 0.6 is 31.9 Å². The van der Waals surface area contributed by atoms with Crippen LogP contribution < -0.4 is 10.1 Å². The molecule has 0 radical (unpaired) electrons. The van der Waals surface area contributed by atoms with E-state index < -0.39 is 6.04 Å². The van der Waals surface area contributed by atoms with Crippen LogP contribution in [0.15, 0.2) is 81.7 Å². The molecular weight excluding hydrogens is 584 g/mol. The van der Waals surface area contributed by atoms with Gasteiger partial charge in [-0.2, -0.15) is 0 Å². The van der Waals surface area contributed by atoms with Gasteiger partial charge >= 0.3 is 0 Å². The Labute approximate surface area is 230 Å². The van der Waals surface area contributed by atoms with Crippen molar-refractivity contribution in [1.29, 1.82) is 0 Å². The van der Waals surface area contributed by atoms with Gasteiger partial charge in [0.15, 0.2) is 6.61 Å². The summed E-state index contributed by atoms with van der Waals surface area (Å²) in [7, 11) is 0. The second-order valence-corrected chi connectivity index (χ2v) is 10.3. The lowest BCUT2D eigenvalue weighted by atomic mass is 10.0. The minimum atomic E-state index is -0.681. The molecule has 0 fully saturated rings. The highest BCUT2D eigenvalue weighted by atomic mass is 79.9. The van der Waals surface area contributed by atoms with Gasteiger partial charge in [-0.25, -0.2) is 0 Å². The minimum absolute atomic E-state index is 0.169. The smallest absolute Gasteiger partial charge is 0.261 e. The van der Waals surface area contributed by atoms with Crippen molar-refractivity contribution in [1.82, 2.24) is 10.2 Å². The number of amides is 2. The Morgan fingerprint density at radius 2 is 1.67 bits per heavy atom. The quantitative estimate of drug-likeness (QED) is 0.259. The van der Waals surface area contributed by atoms with E-state index in [1.165, 1.54) is 5.56 Å². The average Bonchev–Trinajstić information content (AvgIpc) is 2.89. The van der Waals surface area contributed by atoms with Crippen LogP contribution in [0.3, 0.4) is 0 Å². The van der Waals surface area contributed by atoms with Gasteiger partial charge in [0.05, 0.1) is 4.47 Å². The summed E-state index contributed by atoms with van der Waals surface area (Å²) < 4.78 is 7.64. The SMILES string of the molecule is CCCNC(=O)[C@@H](Cc1ccccc1)N(Cc1cccc(Br)c1)C(=O)COc1ccc(CC)cc1Br. The van der Waals surface area contributed by atoms with E-state index in [4.69, 9.17) is 4.74 Å². The summed E-state index contributed by atoms with van der Waals surface area (Å²) in [6.45, 7) is 4.75. The number of carbonyl (C=O) groups is 2. The number of hydrogen-bond acceptors (Lipinski definition) is 3. The molecule has 3 rings (SSSR count). The van der Waals surface area contributed by atoms with Gasteiger partial charge in [-0.3, -0.25) is 9.59 Å². The van der Waals surface area contributed by atoms with Crippen LogP contribution in [0.2, 0.25) is 0 Å². The van der Waals surface area contributed by atoms with Crippen LogP contribution in [-0.4, -0.2) is 35.9 Å². The van der Waals surface area contributed by atoms with E-state index >= 15 is 0 Å². The zero-order chi connectivity index (χ0) is 25.9. The van der Waals surface area contributed by atoms with E-state index in [9.17, 15) is 9.59 Å². The van der Waals surface area contributed by atoms with Crippen molar-refractivity contribution in [3.8, 4) is 5.75 Å². The number of ether oxygens (including phenoxy) is 1. The molecule has 0 saturated carbocycles. The van der Waals surface area contributed by atoms with Crippen molar-refractivity contribution < 1.29 is 14.3 Å². The Balaban J connectivity index is 1.89. The van der Waals surface area contributed by atoms with Crippen LogP contribution in [0.25, 0.3) is 0 Å². The molecule has 0 saturated heterocycles. The summed E-state index contributed by atoms with van der Waals surface area (Å²) in [4.78, 5) is 28.6. The zero-order valence-electron chi connectivity index (χ0n) is 20.7. The average molecular weight is 616 g/mol. The number of benzene rings is 3. The Hall–Kier alpha value is -2.64. The molecule has 0 unspecified atom stereocenters. The normalized spacial score (nSPS) is 11.6. The summed E-state index contributed by atoms with van der Waals surface area (Å²) in [5.41, 5.74) is 3.08. The lowest BCUT2D eigenvalue weighted by molar-refractivity contribution is -0.142. The van der Waals surface area contributed by atoms with Crippen LogP contribution in [0.1, 0.15) is 37.0 Å². The third kappa shape index (κ3) is 8.20. The third-order valence-corrected chi connectivity index (χ3v) is 6.93. The number of nitrogens with one attached hydrogen (secondary N) is 1. The maximum Gasteiger partial charge on any atom is 0.261 e. The van der Waals surface area contributed by atoms with Crippen LogP contribution in [-0.2, 0) is 29.0 Å². The molecule has 5 nitrogen and oxygen atoms in total. The van der Waals surface area contributed by atoms with Crippen LogP contribution in [0.5, 0.6) is 5.75 Å². The van der Waals surface area contributed by atoms with E-state index in [2.05, 4.69) is 44.1 Å². The summed E-state index contributed by atoms with van der Waals surface area (Å²) >= 11 is 7.05. The topological polar surface area (TPSA) is 58.6 Å². The number of hydrogen-bond donors (Lipinski definition) is 1. The fourth-order valence-corrected chi connectivity index (χ4v) is 4.84. The molecule has 7 heteroatoms. The highest BCUT2D eigenvalue weighted by Gasteiger charge is 2.30. The molecule has 3 aromatic rings. The van der Waals surface area contributed by atoms with Crippen molar-refractivity contribution in [3.05, 3.63) is 98.4 Å². The molecule has 1 N–H and O–H groups in total. The predicted molar refractivity (Wildman–Crippen MR) is 151 cm³/mol. The van der Waals surface area contributed by atoms with Crippen LogP contribution in [0, 0.1) is 0 Å². The predicted octanol–water partition coefficient (Wildman–Crippen LogP) is 6.32. The summed E-state index contributed by atoms with van der Waals surface area (Å²) in [5, 5.41) is 2.99. The van der Waals surface area contributed by atoms with Gasteiger partial charge in [0, 0.05) is 24.0 Å². The van der Waals surface area contributed by atoms with E-state index in [1.807, 2.05) is 79.7 Å². The molecule has 0 aliphatic rings. The second-order valence-electron chi connectivity index (χ2n) is 8.56. The van der Waals surface area contributed by atoms with Crippen LogP contribution in [0.4, 0.5) is 0 Å². The first-order valence-electron chi connectivity index (χ1n) is 12.2. The molecule has 0 aliphatic carbocycles. The summed E-state index contributed by atoms with van der Waals surface area (Å²) in [6, 6.07) is 22.7. The molecule has 0 aromatic heterocycles. The Morgan fingerprint density at radius 1 is 0.917 bits per heavy atom.